The summed E-state index contributed by atoms with van der Waals surface area (Å²) in [7, 11) is 0. The maximum absolute atomic E-state index is 11.1. The molecule has 0 radical (unpaired) electrons. The van der Waals surface area contributed by atoms with Gasteiger partial charge in [0.05, 0.1) is 6.10 Å². The first-order chi connectivity index (χ1) is 5.07. The van der Waals surface area contributed by atoms with E-state index in [2.05, 4.69) is 0 Å². The van der Waals surface area contributed by atoms with E-state index in [4.69, 9.17) is 5.11 Å². The number of aliphatic hydroxyl groups excluding tert-OH is 1. The van der Waals surface area contributed by atoms with Crippen molar-refractivity contribution in [3.8, 4) is 0 Å². The third-order valence-corrected chi connectivity index (χ3v) is 1.84. The number of carbonyl (C=O) groups is 1. The summed E-state index contributed by atoms with van der Waals surface area (Å²) in [5.74, 6) is 0.358. The molecule has 2 nitrogen and oxygen atoms in total. The number of ketones is 1. The van der Waals surface area contributed by atoms with Crippen LogP contribution in [0.3, 0.4) is 0 Å². The third-order valence-electron chi connectivity index (χ3n) is 1.84. The van der Waals surface area contributed by atoms with Crippen LogP contribution in [0.25, 0.3) is 0 Å². The molecule has 0 aromatic rings. The Labute approximate surface area is 68.6 Å². The van der Waals surface area contributed by atoms with Gasteiger partial charge in [-0.2, -0.15) is 0 Å². The minimum Gasteiger partial charge on any atom is -0.393 e. The summed E-state index contributed by atoms with van der Waals surface area (Å²) >= 11 is 0. The monoisotopic (exact) mass is 158 g/mol. The molecule has 0 saturated heterocycles. The second-order valence-electron chi connectivity index (χ2n) is 3.22. The highest BCUT2D eigenvalue weighted by atomic mass is 16.3. The van der Waals surface area contributed by atoms with E-state index in [0.717, 1.165) is 6.42 Å². The van der Waals surface area contributed by atoms with E-state index < -0.39 is 0 Å². The van der Waals surface area contributed by atoms with Crippen LogP contribution < -0.4 is 0 Å². The van der Waals surface area contributed by atoms with Gasteiger partial charge in [0.25, 0.3) is 0 Å². The Hall–Kier alpha value is -0.370. The number of Topliss-reactive ketones (excluding diaryl/α,β-unsaturated/α-hetero) is 1. The van der Waals surface area contributed by atoms with Crippen LogP contribution in [0, 0.1) is 5.92 Å². The van der Waals surface area contributed by atoms with E-state index >= 15 is 0 Å². The van der Waals surface area contributed by atoms with E-state index in [9.17, 15) is 4.79 Å². The van der Waals surface area contributed by atoms with Gasteiger partial charge in [-0.25, -0.2) is 0 Å². The second-order valence-corrected chi connectivity index (χ2v) is 3.22. The van der Waals surface area contributed by atoms with Crippen molar-refractivity contribution in [3.05, 3.63) is 0 Å². The predicted molar refractivity (Wildman–Crippen MR) is 45.4 cm³/mol. The number of hydrogen-bond acceptors (Lipinski definition) is 2. The Morgan fingerprint density at radius 2 is 2.00 bits per heavy atom. The van der Waals surface area contributed by atoms with Crippen LogP contribution in [0.15, 0.2) is 0 Å². The van der Waals surface area contributed by atoms with Crippen LogP contribution in [-0.4, -0.2) is 17.0 Å². The van der Waals surface area contributed by atoms with Crippen LogP contribution in [0.2, 0.25) is 0 Å². The van der Waals surface area contributed by atoms with Gasteiger partial charge in [-0.1, -0.05) is 20.8 Å². The molecule has 0 heterocycles. The molecule has 0 spiro atoms. The summed E-state index contributed by atoms with van der Waals surface area (Å²) in [6, 6.07) is 0. The van der Waals surface area contributed by atoms with Crippen molar-refractivity contribution < 1.29 is 9.90 Å². The minimum absolute atomic E-state index is 0.110. The van der Waals surface area contributed by atoms with E-state index in [0.29, 0.717) is 12.8 Å². The zero-order valence-corrected chi connectivity index (χ0v) is 7.63. The Bertz CT molecular complexity index is 119. The number of hydrogen-bond donors (Lipinski definition) is 1. The molecule has 0 aromatic carbocycles. The first-order valence-corrected chi connectivity index (χ1v) is 4.28. The Morgan fingerprint density at radius 1 is 1.45 bits per heavy atom. The lowest BCUT2D eigenvalue weighted by molar-refractivity contribution is -0.122. The molecule has 1 N–H and O–H groups in total. The lowest BCUT2D eigenvalue weighted by Gasteiger charge is -2.07. The largest absolute Gasteiger partial charge is 0.393 e. The number of rotatable bonds is 5. The Kier molecular flexibility index (Phi) is 5.12. The molecule has 0 aliphatic heterocycles. The van der Waals surface area contributed by atoms with Gasteiger partial charge in [-0.15, -0.1) is 0 Å². The smallest absolute Gasteiger partial charge is 0.135 e. The molecule has 0 bridgehead atoms. The molecule has 2 heteroatoms. The first-order valence-electron chi connectivity index (χ1n) is 4.28. The second kappa shape index (κ2) is 5.30. The molecular formula is C9H18O2. The average molecular weight is 158 g/mol. The molecule has 0 rings (SSSR count). The van der Waals surface area contributed by atoms with Crippen molar-refractivity contribution in [2.45, 2.75) is 46.1 Å². The summed E-state index contributed by atoms with van der Waals surface area (Å²) in [5.41, 5.74) is 0. The molecule has 0 aromatic heterocycles. The van der Waals surface area contributed by atoms with Crippen molar-refractivity contribution in [1.82, 2.24) is 0 Å². The molecule has 0 saturated carbocycles. The summed E-state index contributed by atoms with van der Waals surface area (Å²) in [4.78, 5) is 11.1. The predicted octanol–water partition coefficient (Wildman–Crippen LogP) is 1.76. The van der Waals surface area contributed by atoms with Gasteiger partial charge in [0.15, 0.2) is 0 Å². The maximum Gasteiger partial charge on any atom is 0.135 e. The van der Waals surface area contributed by atoms with Gasteiger partial charge < -0.3 is 5.11 Å². The molecule has 11 heavy (non-hydrogen) atoms. The highest BCUT2D eigenvalue weighted by Gasteiger charge is 2.09. The highest BCUT2D eigenvalue weighted by Crippen LogP contribution is 2.06. The molecule has 0 amide bonds. The van der Waals surface area contributed by atoms with Crippen LogP contribution in [0.4, 0.5) is 0 Å². The van der Waals surface area contributed by atoms with Crippen LogP contribution in [0.1, 0.15) is 40.0 Å². The van der Waals surface area contributed by atoms with Crippen LogP contribution in [0.5, 0.6) is 0 Å². The van der Waals surface area contributed by atoms with Crippen molar-refractivity contribution in [2.75, 3.05) is 0 Å². The topological polar surface area (TPSA) is 37.3 Å². The van der Waals surface area contributed by atoms with Crippen molar-refractivity contribution >= 4 is 5.78 Å². The van der Waals surface area contributed by atoms with Crippen molar-refractivity contribution in [1.29, 1.82) is 0 Å². The summed E-state index contributed by atoms with van der Waals surface area (Å²) in [6.45, 7) is 5.70. The van der Waals surface area contributed by atoms with E-state index in [1.165, 1.54) is 0 Å². The summed E-state index contributed by atoms with van der Waals surface area (Å²) in [5, 5.41) is 9.14. The minimum atomic E-state index is -0.294. The first kappa shape index (κ1) is 10.6. The molecule has 1 unspecified atom stereocenters. The van der Waals surface area contributed by atoms with E-state index in [1.807, 2.05) is 20.8 Å². The molecule has 66 valence electrons. The fourth-order valence-corrected chi connectivity index (χ4v) is 0.802. The van der Waals surface area contributed by atoms with E-state index in [1.54, 1.807) is 0 Å². The molecule has 0 fully saturated rings. The number of carbonyl (C=O) groups excluding carboxylic acids is 1. The van der Waals surface area contributed by atoms with Gasteiger partial charge in [0.1, 0.15) is 5.78 Å². The molecular weight excluding hydrogens is 140 g/mol. The Morgan fingerprint density at radius 3 is 2.36 bits per heavy atom. The Balaban J connectivity index is 3.46. The van der Waals surface area contributed by atoms with Gasteiger partial charge in [-0.05, 0) is 12.8 Å². The zero-order valence-electron chi connectivity index (χ0n) is 7.63. The normalized spacial score (nSPS) is 13.5. The SMILES string of the molecule is CCC(O)CCC(=O)C(C)C. The highest BCUT2D eigenvalue weighted by molar-refractivity contribution is 5.80. The third kappa shape index (κ3) is 4.96. The van der Waals surface area contributed by atoms with Gasteiger partial charge >= 0.3 is 0 Å². The molecule has 1 atom stereocenters. The van der Waals surface area contributed by atoms with E-state index in [-0.39, 0.29) is 17.8 Å². The van der Waals surface area contributed by atoms with Gasteiger partial charge in [0, 0.05) is 12.3 Å². The van der Waals surface area contributed by atoms with Gasteiger partial charge in [0.2, 0.25) is 0 Å². The standard InChI is InChI=1S/C9H18O2/c1-4-8(10)5-6-9(11)7(2)3/h7-8,10H,4-6H2,1-3H3. The fourth-order valence-electron chi connectivity index (χ4n) is 0.802. The maximum atomic E-state index is 11.1. The van der Waals surface area contributed by atoms with Crippen molar-refractivity contribution in [3.63, 3.8) is 0 Å². The summed E-state index contributed by atoms with van der Waals surface area (Å²) in [6.07, 6.45) is 1.59. The summed E-state index contributed by atoms with van der Waals surface area (Å²) < 4.78 is 0. The van der Waals surface area contributed by atoms with Crippen LogP contribution >= 0.6 is 0 Å². The molecule has 0 aliphatic rings. The van der Waals surface area contributed by atoms with Gasteiger partial charge in [-0.3, -0.25) is 4.79 Å². The lowest BCUT2D eigenvalue weighted by atomic mass is 10.0. The zero-order chi connectivity index (χ0) is 8.85. The molecule has 0 aliphatic carbocycles. The van der Waals surface area contributed by atoms with Crippen molar-refractivity contribution in [2.24, 2.45) is 5.92 Å². The quantitative estimate of drug-likeness (QED) is 0.662. The van der Waals surface area contributed by atoms with Crippen LogP contribution in [-0.2, 0) is 4.79 Å². The lowest BCUT2D eigenvalue weighted by Crippen LogP contribution is -2.12. The average Bonchev–Trinajstić information content (AvgIpc) is 1.99. The number of aliphatic hydroxyl groups is 1. The fraction of sp³-hybridized carbons (Fsp3) is 0.889.